The molecule has 4 heterocycles. The molecular formula is C17H17FN2O3S. The number of piperidine rings is 1. The molecule has 126 valence electrons. The van der Waals surface area contributed by atoms with Gasteiger partial charge >= 0.3 is 5.97 Å². The number of aromatic nitrogens is 1. The first-order valence-corrected chi connectivity index (χ1v) is 8.76. The van der Waals surface area contributed by atoms with Gasteiger partial charge in [-0.15, -0.1) is 11.3 Å². The van der Waals surface area contributed by atoms with Crippen LogP contribution in [0.3, 0.4) is 0 Å². The normalized spacial score (nSPS) is 19.3. The molecule has 7 heteroatoms. The molecule has 0 amide bonds. The zero-order valence-corrected chi connectivity index (χ0v) is 13.8. The second kappa shape index (κ2) is 5.82. The second-order valence-electron chi connectivity index (χ2n) is 6.16. The van der Waals surface area contributed by atoms with Crippen molar-refractivity contribution in [2.75, 3.05) is 24.6 Å². The van der Waals surface area contributed by atoms with E-state index in [0.717, 1.165) is 29.7 Å². The molecule has 0 radical (unpaired) electrons. The minimum atomic E-state index is -0.888. The molecule has 2 aromatic rings. The molecule has 0 aromatic carbocycles. The first kappa shape index (κ1) is 15.5. The fourth-order valence-electron chi connectivity index (χ4n) is 3.67. The predicted octanol–water partition coefficient (Wildman–Crippen LogP) is 3.05. The molecule has 1 saturated heterocycles. The molecule has 0 atom stereocenters. The summed E-state index contributed by atoms with van der Waals surface area (Å²) in [6.07, 6.45) is 5.02. The number of anilines is 1. The van der Waals surface area contributed by atoms with Gasteiger partial charge < -0.3 is 14.7 Å². The van der Waals surface area contributed by atoms with Gasteiger partial charge in [-0.05, 0) is 30.5 Å². The number of nitrogens with zero attached hydrogens (tertiary/aromatic N) is 2. The van der Waals surface area contributed by atoms with Crippen molar-refractivity contribution in [3.05, 3.63) is 45.7 Å². The van der Waals surface area contributed by atoms with E-state index >= 15 is 0 Å². The van der Waals surface area contributed by atoms with E-state index in [0.29, 0.717) is 30.3 Å². The van der Waals surface area contributed by atoms with Crippen molar-refractivity contribution in [3.63, 3.8) is 0 Å². The first-order chi connectivity index (χ1) is 11.6. The quantitative estimate of drug-likeness (QED) is 0.904. The van der Waals surface area contributed by atoms with Crippen LogP contribution in [0.4, 0.5) is 10.1 Å². The molecule has 2 aromatic heterocycles. The molecule has 0 unspecified atom stereocenters. The molecule has 0 aliphatic carbocycles. The molecule has 1 N–H and O–H groups in total. The van der Waals surface area contributed by atoms with Crippen molar-refractivity contribution in [1.29, 1.82) is 0 Å². The van der Waals surface area contributed by atoms with Gasteiger partial charge in [-0.25, -0.2) is 9.18 Å². The van der Waals surface area contributed by atoms with Crippen molar-refractivity contribution in [3.8, 4) is 0 Å². The maximum atomic E-state index is 13.9. The standard InChI is InChI=1S/C17H17FN2O3S/c18-12-10-19-5-1-13(12)20-6-3-17(4-7-20)11-9-15(16(21)22)24-14(11)2-8-23-17/h1,5,9-10H,2-4,6-8H2,(H,21,22). The lowest BCUT2D eigenvalue weighted by atomic mass is 9.82. The maximum absolute atomic E-state index is 13.9. The monoisotopic (exact) mass is 348 g/mol. The lowest BCUT2D eigenvalue weighted by molar-refractivity contribution is -0.0757. The van der Waals surface area contributed by atoms with Gasteiger partial charge in [-0.1, -0.05) is 0 Å². The van der Waals surface area contributed by atoms with Crippen molar-refractivity contribution in [1.82, 2.24) is 4.98 Å². The number of carboxylic acid groups (broad SMARTS) is 1. The van der Waals surface area contributed by atoms with Crippen LogP contribution < -0.4 is 4.90 Å². The Morgan fingerprint density at radius 2 is 2.21 bits per heavy atom. The van der Waals surface area contributed by atoms with Crippen LogP contribution in [0.2, 0.25) is 0 Å². The largest absolute Gasteiger partial charge is 0.477 e. The Bertz CT molecular complexity index is 784. The van der Waals surface area contributed by atoms with Gasteiger partial charge in [0.15, 0.2) is 5.82 Å². The molecule has 2 aliphatic rings. The van der Waals surface area contributed by atoms with Gasteiger partial charge in [-0.3, -0.25) is 4.98 Å². The molecule has 1 spiro atoms. The number of halogens is 1. The molecule has 0 bridgehead atoms. The number of hydrogen-bond acceptors (Lipinski definition) is 5. The van der Waals surface area contributed by atoms with Gasteiger partial charge in [0.25, 0.3) is 0 Å². The van der Waals surface area contributed by atoms with Gasteiger partial charge in [0.1, 0.15) is 4.88 Å². The second-order valence-corrected chi connectivity index (χ2v) is 7.30. The highest BCUT2D eigenvalue weighted by Gasteiger charge is 2.42. The van der Waals surface area contributed by atoms with Crippen LogP contribution in [-0.2, 0) is 16.8 Å². The third-order valence-corrected chi connectivity index (χ3v) is 6.06. The number of aromatic carboxylic acids is 1. The average molecular weight is 348 g/mol. The van der Waals surface area contributed by atoms with E-state index in [1.807, 2.05) is 4.90 Å². The highest BCUT2D eigenvalue weighted by molar-refractivity contribution is 7.14. The van der Waals surface area contributed by atoms with E-state index in [2.05, 4.69) is 4.98 Å². The number of hydrogen-bond donors (Lipinski definition) is 1. The first-order valence-electron chi connectivity index (χ1n) is 7.94. The maximum Gasteiger partial charge on any atom is 0.345 e. The molecule has 5 nitrogen and oxygen atoms in total. The van der Waals surface area contributed by atoms with Gasteiger partial charge in [0, 0.05) is 30.6 Å². The smallest absolute Gasteiger partial charge is 0.345 e. The molecule has 1 fully saturated rings. The lowest BCUT2D eigenvalue weighted by Gasteiger charge is -2.44. The Labute approximate surface area is 142 Å². The molecule has 24 heavy (non-hydrogen) atoms. The number of fused-ring (bicyclic) bond motifs is 2. The number of pyridine rings is 1. The summed E-state index contributed by atoms with van der Waals surface area (Å²) in [5, 5.41) is 9.26. The Balaban J connectivity index is 1.60. The third-order valence-electron chi connectivity index (χ3n) is 4.88. The molecule has 2 aliphatic heterocycles. The van der Waals surface area contributed by atoms with E-state index in [9.17, 15) is 14.3 Å². The SMILES string of the molecule is O=C(O)c1cc2c(s1)CCOC21CCN(c2ccncc2F)CC1. The van der Waals surface area contributed by atoms with Gasteiger partial charge in [-0.2, -0.15) is 0 Å². The van der Waals surface area contributed by atoms with E-state index in [1.165, 1.54) is 17.5 Å². The number of carboxylic acids is 1. The van der Waals surface area contributed by atoms with Crippen LogP contribution in [0.1, 0.15) is 33.0 Å². The van der Waals surface area contributed by atoms with Crippen molar-refractivity contribution < 1.29 is 19.0 Å². The predicted molar refractivity (Wildman–Crippen MR) is 88.3 cm³/mol. The van der Waals surface area contributed by atoms with Crippen molar-refractivity contribution >= 4 is 23.0 Å². The lowest BCUT2D eigenvalue weighted by Crippen LogP contribution is -2.46. The molecular weight excluding hydrogens is 331 g/mol. The summed E-state index contributed by atoms with van der Waals surface area (Å²) in [7, 11) is 0. The van der Waals surface area contributed by atoms with Crippen molar-refractivity contribution in [2.45, 2.75) is 24.9 Å². The summed E-state index contributed by atoms with van der Waals surface area (Å²) < 4.78 is 20.1. The summed E-state index contributed by atoms with van der Waals surface area (Å²) in [6.45, 7) is 1.94. The van der Waals surface area contributed by atoms with Crippen LogP contribution in [0.25, 0.3) is 0 Å². The van der Waals surface area contributed by atoms with Crippen LogP contribution in [0.15, 0.2) is 24.5 Å². The zero-order chi connectivity index (χ0) is 16.7. The van der Waals surface area contributed by atoms with Gasteiger partial charge in [0.2, 0.25) is 0 Å². The van der Waals surface area contributed by atoms with E-state index < -0.39 is 11.6 Å². The average Bonchev–Trinajstić information content (AvgIpc) is 3.03. The summed E-state index contributed by atoms with van der Waals surface area (Å²) >= 11 is 1.35. The minimum Gasteiger partial charge on any atom is -0.477 e. The van der Waals surface area contributed by atoms with E-state index in [1.54, 1.807) is 18.3 Å². The Hall–Kier alpha value is -1.99. The molecule has 4 rings (SSSR count). The Kier molecular flexibility index (Phi) is 3.77. The summed E-state index contributed by atoms with van der Waals surface area (Å²) in [4.78, 5) is 18.6. The summed E-state index contributed by atoms with van der Waals surface area (Å²) in [6, 6.07) is 3.46. The van der Waals surface area contributed by atoms with Gasteiger partial charge in [0.05, 0.1) is 24.1 Å². The summed E-state index contributed by atoms with van der Waals surface area (Å²) in [5.41, 5.74) is 1.15. The van der Waals surface area contributed by atoms with Crippen LogP contribution >= 0.6 is 11.3 Å². The molecule has 0 saturated carbocycles. The number of thiophene rings is 1. The van der Waals surface area contributed by atoms with Crippen LogP contribution in [0, 0.1) is 5.82 Å². The summed E-state index contributed by atoms with van der Waals surface area (Å²) in [5.74, 6) is -1.21. The minimum absolute atomic E-state index is 0.317. The topological polar surface area (TPSA) is 62.7 Å². The third kappa shape index (κ3) is 2.48. The van der Waals surface area contributed by atoms with E-state index in [4.69, 9.17) is 4.74 Å². The number of rotatable bonds is 2. The highest BCUT2D eigenvalue weighted by atomic mass is 32.1. The van der Waals surface area contributed by atoms with Crippen LogP contribution in [-0.4, -0.2) is 35.8 Å². The fraction of sp³-hybridized carbons (Fsp3) is 0.412. The number of carbonyl (C=O) groups is 1. The Morgan fingerprint density at radius 3 is 2.92 bits per heavy atom. The zero-order valence-electron chi connectivity index (χ0n) is 13.0. The Morgan fingerprint density at radius 1 is 1.42 bits per heavy atom. The number of ether oxygens (including phenoxy) is 1. The highest BCUT2D eigenvalue weighted by Crippen LogP contribution is 2.45. The van der Waals surface area contributed by atoms with E-state index in [-0.39, 0.29) is 5.82 Å². The van der Waals surface area contributed by atoms with Crippen molar-refractivity contribution in [2.24, 2.45) is 0 Å². The van der Waals surface area contributed by atoms with Crippen LogP contribution in [0.5, 0.6) is 0 Å². The fourth-order valence-corrected chi connectivity index (χ4v) is 4.74.